The molecule has 5 nitrogen and oxygen atoms in total. The van der Waals surface area contributed by atoms with Crippen LogP contribution in [0.15, 0.2) is 0 Å². The van der Waals surface area contributed by atoms with Crippen LogP contribution in [0, 0.1) is 0 Å². The van der Waals surface area contributed by atoms with Crippen LogP contribution < -0.4 is 5.73 Å². The summed E-state index contributed by atoms with van der Waals surface area (Å²) in [6, 6.07) is 0. The molecule has 0 aromatic carbocycles. The largest absolute Gasteiger partial charge is 0.481 e. The lowest BCUT2D eigenvalue weighted by atomic mass is 10.4. The highest BCUT2D eigenvalue weighted by Crippen LogP contribution is 1.88. The second-order valence-corrected chi connectivity index (χ2v) is 2.67. The lowest BCUT2D eigenvalue weighted by Gasteiger charge is -2.09. The minimum Gasteiger partial charge on any atom is -0.481 e. The summed E-state index contributed by atoms with van der Waals surface area (Å²) in [6.07, 6.45) is 0.0648. The number of rotatable bonds is 8. The molecule has 0 heterocycles. The van der Waals surface area contributed by atoms with Gasteiger partial charge in [-0.15, -0.1) is 0 Å². The Morgan fingerprint density at radius 3 is 2.69 bits per heavy atom. The molecule has 1 unspecified atom stereocenters. The fourth-order valence-corrected chi connectivity index (χ4v) is 0.638. The second-order valence-electron chi connectivity index (χ2n) is 2.67. The molecule has 78 valence electrons. The van der Waals surface area contributed by atoms with Gasteiger partial charge in [-0.05, 0) is 6.92 Å². The van der Waals surface area contributed by atoms with Gasteiger partial charge in [0.25, 0.3) is 0 Å². The Labute approximate surface area is 77.8 Å². The van der Waals surface area contributed by atoms with E-state index in [1.54, 1.807) is 0 Å². The van der Waals surface area contributed by atoms with Gasteiger partial charge in [-0.2, -0.15) is 0 Å². The van der Waals surface area contributed by atoms with Crippen LogP contribution in [0.3, 0.4) is 0 Å². The van der Waals surface area contributed by atoms with Crippen molar-refractivity contribution >= 4 is 5.97 Å². The maximum atomic E-state index is 10.1. The first-order valence-corrected chi connectivity index (χ1v) is 4.28. The zero-order valence-electron chi connectivity index (χ0n) is 7.86. The minimum absolute atomic E-state index is 0.0306. The van der Waals surface area contributed by atoms with E-state index in [1.165, 1.54) is 0 Å². The number of hydrogen-bond donors (Lipinski definition) is 2. The molecule has 0 aliphatic heterocycles. The van der Waals surface area contributed by atoms with E-state index in [-0.39, 0.29) is 19.1 Å². The summed E-state index contributed by atoms with van der Waals surface area (Å²) in [4.78, 5) is 10.1. The van der Waals surface area contributed by atoms with Crippen LogP contribution in [0.4, 0.5) is 0 Å². The van der Waals surface area contributed by atoms with Gasteiger partial charge >= 0.3 is 5.97 Å². The Morgan fingerprint density at radius 1 is 1.46 bits per heavy atom. The summed E-state index contributed by atoms with van der Waals surface area (Å²) in [5.74, 6) is -0.851. The van der Waals surface area contributed by atoms with E-state index in [0.29, 0.717) is 19.8 Å². The fourth-order valence-electron chi connectivity index (χ4n) is 0.638. The predicted molar refractivity (Wildman–Crippen MR) is 47.5 cm³/mol. The summed E-state index contributed by atoms with van der Waals surface area (Å²) < 4.78 is 10.2. The molecule has 0 rings (SSSR count). The van der Waals surface area contributed by atoms with Gasteiger partial charge in [-0.3, -0.25) is 4.79 Å². The van der Waals surface area contributed by atoms with Crippen LogP contribution in [0.25, 0.3) is 0 Å². The summed E-state index contributed by atoms with van der Waals surface area (Å²) in [7, 11) is 0. The summed E-state index contributed by atoms with van der Waals surface area (Å²) in [5.41, 5.74) is 5.31. The van der Waals surface area contributed by atoms with Crippen LogP contribution in [0.2, 0.25) is 0 Å². The van der Waals surface area contributed by atoms with Gasteiger partial charge in [0.1, 0.15) is 0 Å². The number of carboxylic acids is 1. The van der Waals surface area contributed by atoms with Gasteiger partial charge in [-0.1, -0.05) is 0 Å². The van der Waals surface area contributed by atoms with Crippen molar-refractivity contribution in [1.82, 2.24) is 0 Å². The highest BCUT2D eigenvalue weighted by Gasteiger charge is 1.98. The highest BCUT2D eigenvalue weighted by molar-refractivity contribution is 5.66. The molecule has 0 aromatic rings. The lowest BCUT2D eigenvalue weighted by Crippen LogP contribution is -2.22. The molecule has 0 aliphatic carbocycles. The minimum atomic E-state index is -0.851. The summed E-state index contributed by atoms with van der Waals surface area (Å²) >= 11 is 0. The molecule has 0 fully saturated rings. The number of carboxylic acid groups (broad SMARTS) is 1. The first-order chi connectivity index (χ1) is 6.16. The van der Waals surface area contributed by atoms with E-state index in [1.807, 2.05) is 6.92 Å². The van der Waals surface area contributed by atoms with E-state index < -0.39 is 5.97 Å². The molecule has 3 N–H and O–H groups in total. The Hall–Kier alpha value is -0.650. The van der Waals surface area contributed by atoms with Crippen LogP contribution in [-0.2, 0) is 14.3 Å². The fraction of sp³-hybridized carbons (Fsp3) is 0.875. The van der Waals surface area contributed by atoms with Crippen LogP contribution in [0.1, 0.15) is 13.3 Å². The van der Waals surface area contributed by atoms with E-state index in [4.69, 9.17) is 20.3 Å². The number of carbonyl (C=O) groups is 1. The van der Waals surface area contributed by atoms with Gasteiger partial charge in [0.05, 0.1) is 32.3 Å². The van der Waals surface area contributed by atoms with Crippen LogP contribution >= 0.6 is 0 Å². The quantitative estimate of drug-likeness (QED) is 0.521. The van der Waals surface area contributed by atoms with E-state index in [0.717, 1.165) is 0 Å². The summed E-state index contributed by atoms with van der Waals surface area (Å²) in [5, 5.41) is 8.27. The van der Waals surface area contributed by atoms with Gasteiger partial charge < -0.3 is 20.3 Å². The highest BCUT2D eigenvalue weighted by atomic mass is 16.5. The van der Waals surface area contributed by atoms with E-state index in [9.17, 15) is 4.79 Å². The third-order valence-corrected chi connectivity index (χ3v) is 1.42. The molecule has 0 radical (unpaired) electrons. The molecular formula is C8H17NO4. The third kappa shape index (κ3) is 9.26. The van der Waals surface area contributed by atoms with Gasteiger partial charge in [-0.25, -0.2) is 0 Å². The number of nitrogens with two attached hydrogens (primary N) is 1. The smallest absolute Gasteiger partial charge is 0.305 e. The average molecular weight is 191 g/mol. The standard InChI is InChI=1S/C8H17NO4/c1-7(6-9)13-5-4-12-3-2-8(10)11/h7H,2-6,9H2,1H3,(H,10,11). The van der Waals surface area contributed by atoms with Crippen molar-refractivity contribution in [2.75, 3.05) is 26.4 Å². The SMILES string of the molecule is CC(CN)OCCOCCC(=O)O. The van der Waals surface area contributed by atoms with Crippen molar-refractivity contribution in [2.24, 2.45) is 5.73 Å². The van der Waals surface area contributed by atoms with Gasteiger partial charge in [0.15, 0.2) is 0 Å². The normalized spacial score (nSPS) is 12.8. The van der Waals surface area contributed by atoms with Crippen molar-refractivity contribution in [1.29, 1.82) is 0 Å². The molecule has 0 amide bonds. The van der Waals surface area contributed by atoms with Crippen molar-refractivity contribution in [3.63, 3.8) is 0 Å². The van der Waals surface area contributed by atoms with Crippen molar-refractivity contribution < 1.29 is 19.4 Å². The van der Waals surface area contributed by atoms with Crippen LogP contribution in [0.5, 0.6) is 0 Å². The maximum Gasteiger partial charge on any atom is 0.305 e. The first kappa shape index (κ1) is 12.3. The van der Waals surface area contributed by atoms with E-state index >= 15 is 0 Å². The Balaban J connectivity index is 3.04. The molecule has 0 aromatic heterocycles. The lowest BCUT2D eigenvalue weighted by molar-refractivity contribution is -0.138. The number of aliphatic carboxylic acids is 1. The molecule has 1 atom stereocenters. The zero-order valence-corrected chi connectivity index (χ0v) is 7.86. The topological polar surface area (TPSA) is 81.8 Å². The molecular weight excluding hydrogens is 174 g/mol. The Kier molecular flexibility index (Phi) is 7.57. The molecule has 0 aliphatic rings. The molecule has 0 spiro atoms. The monoisotopic (exact) mass is 191 g/mol. The van der Waals surface area contributed by atoms with Gasteiger partial charge in [0, 0.05) is 6.54 Å². The van der Waals surface area contributed by atoms with Gasteiger partial charge in [0.2, 0.25) is 0 Å². The molecule has 0 saturated carbocycles. The maximum absolute atomic E-state index is 10.1. The average Bonchev–Trinajstić information content (AvgIpc) is 2.10. The molecule has 0 saturated heterocycles. The molecule has 0 bridgehead atoms. The Bertz CT molecular complexity index is 140. The van der Waals surface area contributed by atoms with Crippen LogP contribution in [-0.4, -0.2) is 43.5 Å². The molecule has 5 heteroatoms. The predicted octanol–water partition coefficient (Wildman–Crippen LogP) is -0.158. The van der Waals surface area contributed by atoms with Crippen molar-refractivity contribution in [3.8, 4) is 0 Å². The summed E-state index contributed by atoms with van der Waals surface area (Å²) in [6.45, 7) is 3.46. The second kappa shape index (κ2) is 7.97. The Morgan fingerprint density at radius 2 is 2.15 bits per heavy atom. The van der Waals surface area contributed by atoms with Crippen molar-refractivity contribution in [3.05, 3.63) is 0 Å². The third-order valence-electron chi connectivity index (χ3n) is 1.42. The molecule has 13 heavy (non-hydrogen) atoms. The van der Waals surface area contributed by atoms with Crippen molar-refractivity contribution in [2.45, 2.75) is 19.4 Å². The first-order valence-electron chi connectivity index (χ1n) is 4.28. The number of ether oxygens (including phenoxy) is 2. The zero-order chi connectivity index (χ0) is 10.1. The number of hydrogen-bond acceptors (Lipinski definition) is 4. The van der Waals surface area contributed by atoms with E-state index in [2.05, 4.69) is 0 Å².